The Labute approximate surface area is 156 Å². The summed E-state index contributed by atoms with van der Waals surface area (Å²) in [6, 6.07) is 0. The van der Waals surface area contributed by atoms with Gasteiger partial charge in [-0.15, -0.1) is 0 Å². The fourth-order valence-corrected chi connectivity index (χ4v) is 4.34. The number of esters is 1. The van der Waals surface area contributed by atoms with Gasteiger partial charge in [0.1, 0.15) is 29.7 Å². The fourth-order valence-electron chi connectivity index (χ4n) is 4.34. The van der Waals surface area contributed by atoms with Crippen molar-refractivity contribution in [1.82, 2.24) is 19.5 Å². The second-order valence-corrected chi connectivity index (χ2v) is 7.78. The first-order valence-corrected chi connectivity index (χ1v) is 9.20. The molecule has 144 valence electrons. The lowest BCUT2D eigenvalue weighted by atomic mass is 10.1. The minimum Gasteiger partial charge on any atom is -0.466 e. The molecule has 4 heterocycles. The zero-order valence-corrected chi connectivity index (χ0v) is 15.7. The molecule has 5 atom stereocenters. The Morgan fingerprint density at radius 1 is 1.30 bits per heavy atom. The van der Waals surface area contributed by atoms with Gasteiger partial charge in [0, 0.05) is 0 Å². The van der Waals surface area contributed by atoms with Crippen LogP contribution in [0.25, 0.3) is 11.2 Å². The molecule has 0 amide bonds. The molecule has 9 heteroatoms. The lowest BCUT2D eigenvalue weighted by molar-refractivity contribution is -0.205. The molecule has 1 saturated carbocycles. The lowest BCUT2D eigenvalue weighted by Gasteiger charge is -2.25. The number of aryl methyl sites for hydroxylation is 1. The molecule has 0 bridgehead atoms. The molecule has 2 aromatic heterocycles. The quantitative estimate of drug-likeness (QED) is 0.746. The Bertz CT molecular complexity index is 928. The Hall–Kier alpha value is -2.10. The lowest BCUT2D eigenvalue weighted by Crippen LogP contribution is -2.34. The highest BCUT2D eigenvalue weighted by molar-refractivity contribution is 5.78. The molecule has 2 aromatic rings. The van der Waals surface area contributed by atoms with Gasteiger partial charge >= 0.3 is 5.97 Å². The van der Waals surface area contributed by atoms with E-state index >= 15 is 0 Å². The molecular formula is C18H22N4O5. The Morgan fingerprint density at radius 2 is 2.11 bits per heavy atom. The van der Waals surface area contributed by atoms with Gasteiger partial charge in [-0.1, -0.05) is 0 Å². The molecule has 0 aromatic carbocycles. The van der Waals surface area contributed by atoms with E-state index in [4.69, 9.17) is 18.9 Å². The Kier molecular flexibility index (Phi) is 3.45. The third-order valence-electron chi connectivity index (χ3n) is 5.57. The topological polar surface area (TPSA) is 97.6 Å². The van der Waals surface area contributed by atoms with Gasteiger partial charge in [-0.05, 0) is 34.1 Å². The van der Waals surface area contributed by atoms with Crippen LogP contribution in [-0.2, 0) is 23.7 Å². The van der Waals surface area contributed by atoms with Crippen molar-refractivity contribution in [2.75, 3.05) is 6.61 Å². The highest BCUT2D eigenvalue weighted by atomic mass is 16.8. The minimum absolute atomic E-state index is 0.251. The predicted molar refractivity (Wildman–Crippen MR) is 91.5 cm³/mol. The van der Waals surface area contributed by atoms with Crippen LogP contribution in [0, 0.1) is 12.8 Å². The van der Waals surface area contributed by atoms with Crippen molar-refractivity contribution in [3.63, 3.8) is 0 Å². The van der Waals surface area contributed by atoms with Crippen molar-refractivity contribution in [3.8, 4) is 0 Å². The van der Waals surface area contributed by atoms with E-state index in [-0.39, 0.29) is 24.1 Å². The number of aromatic nitrogens is 4. The summed E-state index contributed by atoms with van der Waals surface area (Å²) in [4.78, 5) is 25.3. The number of hydrogen-bond donors (Lipinski definition) is 0. The first-order valence-electron chi connectivity index (χ1n) is 9.20. The Balaban J connectivity index is 1.54. The summed E-state index contributed by atoms with van der Waals surface area (Å²) >= 11 is 0. The van der Waals surface area contributed by atoms with Gasteiger partial charge < -0.3 is 18.9 Å². The van der Waals surface area contributed by atoms with Crippen LogP contribution < -0.4 is 0 Å². The molecule has 3 fully saturated rings. The molecule has 2 saturated heterocycles. The normalized spacial score (nSPS) is 36.3. The highest BCUT2D eigenvalue weighted by Crippen LogP contribution is 2.62. The molecule has 0 radical (unpaired) electrons. The van der Waals surface area contributed by atoms with Gasteiger partial charge in [0.25, 0.3) is 0 Å². The molecular weight excluding hydrogens is 352 g/mol. The highest BCUT2D eigenvalue weighted by Gasteiger charge is 2.76. The maximum Gasteiger partial charge on any atom is 0.312 e. The third-order valence-corrected chi connectivity index (χ3v) is 5.57. The fraction of sp³-hybridized carbons (Fsp3) is 0.667. The molecule has 0 N–H and O–H groups in total. The van der Waals surface area contributed by atoms with E-state index < -0.39 is 17.6 Å². The molecule has 3 aliphatic rings. The Morgan fingerprint density at radius 3 is 2.89 bits per heavy atom. The first-order chi connectivity index (χ1) is 12.9. The van der Waals surface area contributed by atoms with E-state index in [2.05, 4.69) is 15.0 Å². The van der Waals surface area contributed by atoms with Gasteiger partial charge in [-0.25, -0.2) is 15.0 Å². The standard InChI is InChI=1S/C18H22N4O5/c1-5-24-16(23)10-6-18(10)13-12(25-17(3,4)26-13)15(27-18)22-8-21-11-9(2)19-7-20-14(11)22/h7-8,10,12-13,15H,5-6H2,1-4H3/t10-,12?,13+,15+,18-/m0/s1. The minimum atomic E-state index is -0.756. The second-order valence-electron chi connectivity index (χ2n) is 7.78. The van der Waals surface area contributed by atoms with Gasteiger partial charge in [0.2, 0.25) is 0 Å². The van der Waals surface area contributed by atoms with E-state index in [1.54, 1.807) is 13.3 Å². The number of fused-ring (bicyclic) bond motifs is 3. The summed E-state index contributed by atoms with van der Waals surface area (Å²) in [5.74, 6) is -1.36. The van der Waals surface area contributed by atoms with E-state index in [1.165, 1.54) is 6.33 Å². The van der Waals surface area contributed by atoms with Crippen LogP contribution in [-0.4, -0.2) is 55.7 Å². The van der Waals surface area contributed by atoms with Crippen LogP contribution in [0.4, 0.5) is 0 Å². The van der Waals surface area contributed by atoms with Gasteiger partial charge in [-0.2, -0.15) is 0 Å². The molecule has 1 unspecified atom stereocenters. The van der Waals surface area contributed by atoms with Crippen molar-refractivity contribution in [3.05, 3.63) is 18.3 Å². The van der Waals surface area contributed by atoms with E-state index in [9.17, 15) is 4.79 Å². The van der Waals surface area contributed by atoms with Crippen molar-refractivity contribution in [2.45, 2.75) is 63.9 Å². The average Bonchev–Trinajstić information content (AvgIpc) is 2.87. The first kappa shape index (κ1) is 17.0. The number of nitrogens with zero attached hydrogens (tertiary/aromatic N) is 4. The maximum absolute atomic E-state index is 12.3. The van der Waals surface area contributed by atoms with Gasteiger partial charge in [0.05, 0.1) is 24.5 Å². The summed E-state index contributed by atoms with van der Waals surface area (Å²) in [6.45, 7) is 7.77. The number of imidazole rings is 1. The number of rotatable bonds is 3. The smallest absolute Gasteiger partial charge is 0.312 e. The summed E-state index contributed by atoms with van der Waals surface area (Å²) in [6.07, 6.45) is 2.54. The van der Waals surface area contributed by atoms with Crippen molar-refractivity contribution < 1.29 is 23.7 Å². The third kappa shape index (κ3) is 2.35. The number of ether oxygens (including phenoxy) is 4. The van der Waals surface area contributed by atoms with Gasteiger partial charge in [0.15, 0.2) is 17.7 Å². The zero-order chi connectivity index (χ0) is 19.0. The maximum atomic E-state index is 12.3. The van der Waals surface area contributed by atoms with Crippen molar-refractivity contribution >= 4 is 17.1 Å². The van der Waals surface area contributed by atoms with E-state index in [0.717, 1.165) is 11.2 Å². The molecule has 9 nitrogen and oxygen atoms in total. The molecule has 5 rings (SSSR count). The van der Waals surface area contributed by atoms with Gasteiger partial charge in [-0.3, -0.25) is 9.36 Å². The zero-order valence-electron chi connectivity index (χ0n) is 15.7. The number of carbonyl (C=O) groups is 1. The second kappa shape index (κ2) is 5.46. The van der Waals surface area contributed by atoms with Crippen LogP contribution in [0.3, 0.4) is 0 Å². The predicted octanol–water partition coefficient (Wildman–Crippen LogP) is 1.51. The van der Waals surface area contributed by atoms with Crippen LogP contribution >= 0.6 is 0 Å². The summed E-state index contributed by atoms with van der Waals surface area (Å²) in [7, 11) is 0. The monoisotopic (exact) mass is 374 g/mol. The summed E-state index contributed by atoms with van der Waals surface area (Å²) in [5, 5.41) is 0. The molecule has 2 aliphatic heterocycles. The van der Waals surface area contributed by atoms with Crippen molar-refractivity contribution in [2.24, 2.45) is 5.92 Å². The van der Waals surface area contributed by atoms with E-state index in [1.807, 2.05) is 25.3 Å². The molecule has 1 aliphatic carbocycles. The number of carbonyl (C=O) groups excluding carboxylic acids is 1. The van der Waals surface area contributed by atoms with Crippen LogP contribution in [0.2, 0.25) is 0 Å². The van der Waals surface area contributed by atoms with Crippen LogP contribution in [0.15, 0.2) is 12.7 Å². The van der Waals surface area contributed by atoms with Crippen molar-refractivity contribution in [1.29, 1.82) is 0 Å². The van der Waals surface area contributed by atoms with E-state index in [0.29, 0.717) is 18.7 Å². The summed E-state index contributed by atoms with van der Waals surface area (Å²) < 4.78 is 25.8. The van der Waals surface area contributed by atoms with Crippen LogP contribution in [0.5, 0.6) is 0 Å². The summed E-state index contributed by atoms with van der Waals surface area (Å²) in [5.41, 5.74) is 1.45. The molecule has 1 spiro atoms. The largest absolute Gasteiger partial charge is 0.466 e. The SMILES string of the molecule is CCOC(=O)[C@@H]1C[C@]12O[C@@H](n1cnc3c(C)ncnc31)C1OC(C)(C)O[C@H]12. The number of hydrogen-bond acceptors (Lipinski definition) is 8. The molecule has 27 heavy (non-hydrogen) atoms. The van der Waals surface area contributed by atoms with Crippen LogP contribution in [0.1, 0.15) is 39.1 Å². The average molecular weight is 374 g/mol.